The van der Waals surface area contributed by atoms with Crippen LogP contribution in [0.1, 0.15) is 65.2 Å². The van der Waals surface area contributed by atoms with Crippen LogP contribution in [0.3, 0.4) is 0 Å². The predicted octanol–water partition coefficient (Wildman–Crippen LogP) is 3.56. The largest absolute Gasteiger partial charge is 0.383 e. The van der Waals surface area contributed by atoms with Gasteiger partial charge in [-0.3, -0.25) is 0 Å². The fourth-order valence-corrected chi connectivity index (χ4v) is 3.25. The van der Waals surface area contributed by atoms with Crippen LogP contribution in [0.25, 0.3) is 11.4 Å². The highest BCUT2D eigenvalue weighted by molar-refractivity contribution is 5.67. The van der Waals surface area contributed by atoms with Gasteiger partial charge in [0.25, 0.3) is 0 Å². The molecule has 2 aromatic heterocycles. The summed E-state index contributed by atoms with van der Waals surface area (Å²) in [6.45, 7) is 8.35. The Morgan fingerprint density at radius 3 is 2.59 bits per heavy atom. The van der Waals surface area contributed by atoms with Crippen LogP contribution in [0.5, 0.6) is 0 Å². The number of nitrogens with two attached hydrogens (primary N) is 1. The Balaban J connectivity index is 1.86. The van der Waals surface area contributed by atoms with Gasteiger partial charge in [-0.2, -0.15) is 10.1 Å². The van der Waals surface area contributed by atoms with Crippen molar-refractivity contribution >= 4 is 5.82 Å². The molecule has 0 aliphatic heterocycles. The smallest absolute Gasteiger partial charge is 0.230 e. The van der Waals surface area contributed by atoms with Crippen LogP contribution in [0, 0.1) is 5.92 Å². The van der Waals surface area contributed by atoms with E-state index in [0.717, 1.165) is 5.56 Å². The number of nitrogen functional groups attached to an aromatic ring is 1. The summed E-state index contributed by atoms with van der Waals surface area (Å²) in [6.07, 6.45) is 6.84. The lowest BCUT2D eigenvalue weighted by Gasteiger charge is -2.20. The van der Waals surface area contributed by atoms with Crippen molar-refractivity contribution in [2.45, 2.75) is 64.8 Å². The maximum absolute atomic E-state index is 6.21. The van der Waals surface area contributed by atoms with Crippen LogP contribution < -0.4 is 5.73 Å². The van der Waals surface area contributed by atoms with Crippen molar-refractivity contribution in [3.8, 4) is 11.4 Å². The van der Waals surface area contributed by atoms with Crippen LogP contribution in [0.15, 0.2) is 10.7 Å². The molecule has 6 heteroatoms. The maximum Gasteiger partial charge on any atom is 0.230 e. The molecular weight excluding hydrogens is 278 g/mol. The van der Waals surface area contributed by atoms with E-state index in [1.54, 1.807) is 10.9 Å². The molecule has 22 heavy (non-hydrogen) atoms. The molecule has 3 rings (SSSR count). The molecule has 1 unspecified atom stereocenters. The number of hydrogen-bond donors (Lipinski definition) is 1. The first-order chi connectivity index (χ1) is 10.4. The first-order valence-corrected chi connectivity index (χ1v) is 8.06. The standard InChI is InChI=1S/C16H25N5O/c1-10(11-7-5-6-8-11)15-19-14(20-22-15)12-9-18-21(13(12)17)16(2,3)4/h9-11H,5-8,17H2,1-4H3. The van der Waals surface area contributed by atoms with Crippen LogP contribution in [0.2, 0.25) is 0 Å². The summed E-state index contributed by atoms with van der Waals surface area (Å²) in [5.41, 5.74) is 6.77. The Kier molecular flexibility index (Phi) is 3.70. The fourth-order valence-electron chi connectivity index (χ4n) is 3.25. The zero-order chi connectivity index (χ0) is 15.9. The molecule has 6 nitrogen and oxygen atoms in total. The molecule has 1 fully saturated rings. The Labute approximate surface area is 131 Å². The zero-order valence-corrected chi connectivity index (χ0v) is 13.8. The molecule has 1 saturated carbocycles. The van der Waals surface area contributed by atoms with E-state index >= 15 is 0 Å². The average molecular weight is 303 g/mol. The van der Waals surface area contributed by atoms with Gasteiger partial charge in [-0.1, -0.05) is 24.9 Å². The summed E-state index contributed by atoms with van der Waals surface area (Å²) in [7, 11) is 0. The highest BCUT2D eigenvalue weighted by atomic mass is 16.5. The second kappa shape index (κ2) is 5.41. The topological polar surface area (TPSA) is 82.8 Å². The van der Waals surface area contributed by atoms with Crippen molar-refractivity contribution in [2.75, 3.05) is 5.73 Å². The summed E-state index contributed by atoms with van der Waals surface area (Å²) >= 11 is 0. The number of aromatic nitrogens is 4. The molecule has 2 heterocycles. The van der Waals surface area contributed by atoms with Crippen LogP contribution in [-0.4, -0.2) is 19.9 Å². The van der Waals surface area contributed by atoms with Crippen molar-refractivity contribution in [2.24, 2.45) is 5.92 Å². The van der Waals surface area contributed by atoms with Crippen LogP contribution in [0.4, 0.5) is 5.82 Å². The van der Waals surface area contributed by atoms with E-state index in [-0.39, 0.29) is 5.54 Å². The van der Waals surface area contributed by atoms with E-state index in [9.17, 15) is 0 Å². The lowest BCUT2D eigenvalue weighted by Crippen LogP contribution is -2.24. The van der Waals surface area contributed by atoms with E-state index in [1.807, 2.05) is 0 Å². The third-order valence-electron chi connectivity index (χ3n) is 4.62. The molecule has 1 aliphatic carbocycles. The molecule has 1 aliphatic rings. The van der Waals surface area contributed by atoms with E-state index in [4.69, 9.17) is 10.3 Å². The Morgan fingerprint density at radius 2 is 2.00 bits per heavy atom. The Hall–Kier alpha value is -1.85. The van der Waals surface area contributed by atoms with Gasteiger partial charge in [0.2, 0.25) is 11.7 Å². The fraction of sp³-hybridized carbons (Fsp3) is 0.688. The highest BCUT2D eigenvalue weighted by Crippen LogP contribution is 2.37. The third-order valence-corrected chi connectivity index (χ3v) is 4.62. The van der Waals surface area contributed by atoms with Gasteiger partial charge < -0.3 is 10.3 Å². The molecule has 120 valence electrons. The number of anilines is 1. The van der Waals surface area contributed by atoms with Gasteiger partial charge in [0.15, 0.2) is 0 Å². The summed E-state index contributed by atoms with van der Waals surface area (Å²) in [5, 5.41) is 8.48. The average Bonchev–Trinajstić information content (AvgIpc) is 3.17. The normalized spacial score (nSPS) is 18.0. The van der Waals surface area contributed by atoms with Crippen LogP contribution in [-0.2, 0) is 5.54 Å². The van der Waals surface area contributed by atoms with E-state index in [1.165, 1.54) is 25.7 Å². The minimum absolute atomic E-state index is 0.175. The predicted molar refractivity (Wildman–Crippen MR) is 85.3 cm³/mol. The van der Waals surface area contributed by atoms with Crippen molar-refractivity contribution in [3.05, 3.63) is 12.1 Å². The maximum atomic E-state index is 6.21. The van der Waals surface area contributed by atoms with Gasteiger partial charge in [0, 0.05) is 5.92 Å². The van der Waals surface area contributed by atoms with Gasteiger partial charge in [-0.05, 0) is 39.5 Å². The summed E-state index contributed by atoms with van der Waals surface area (Å²) in [6, 6.07) is 0. The molecule has 0 amide bonds. The van der Waals surface area contributed by atoms with Gasteiger partial charge in [0.1, 0.15) is 5.82 Å². The number of nitrogens with zero attached hydrogens (tertiary/aromatic N) is 4. The quantitative estimate of drug-likeness (QED) is 0.937. The van der Waals surface area contributed by atoms with E-state index in [2.05, 4.69) is 42.9 Å². The van der Waals surface area contributed by atoms with Crippen molar-refractivity contribution in [1.29, 1.82) is 0 Å². The van der Waals surface area contributed by atoms with Gasteiger partial charge in [0.05, 0.1) is 17.3 Å². The van der Waals surface area contributed by atoms with E-state index < -0.39 is 0 Å². The zero-order valence-electron chi connectivity index (χ0n) is 13.8. The second-order valence-electron chi connectivity index (χ2n) is 7.32. The first-order valence-electron chi connectivity index (χ1n) is 8.06. The molecular formula is C16H25N5O. The second-order valence-corrected chi connectivity index (χ2v) is 7.32. The first kappa shape index (κ1) is 15.1. The van der Waals surface area contributed by atoms with Gasteiger partial charge >= 0.3 is 0 Å². The number of hydrogen-bond acceptors (Lipinski definition) is 5. The molecule has 2 aromatic rings. The molecule has 0 radical (unpaired) electrons. The summed E-state index contributed by atoms with van der Waals surface area (Å²) in [5.74, 6) is 2.79. The van der Waals surface area contributed by atoms with Crippen LogP contribution >= 0.6 is 0 Å². The molecule has 0 saturated heterocycles. The molecule has 2 N–H and O–H groups in total. The highest BCUT2D eigenvalue weighted by Gasteiger charge is 2.28. The molecule has 0 bridgehead atoms. The Bertz CT molecular complexity index is 646. The van der Waals surface area contributed by atoms with Crippen molar-refractivity contribution < 1.29 is 4.52 Å². The minimum atomic E-state index is -0.175. The monoisotopic (exact) mass is 303 g/mol. The van der Waals surface area contributed by atoms with E-state index in [0.29, 0.717) is 29.4 Å². The van der Waals surface area contributed by atoms with Gasteiger partial charge in [-0.25, -0.2) is 4.68 Å². The lowest BCUT2D eigenvalue weighted by molar-refractivity contribution is 0.316. The summed E-state index contributed by atoms with van der Waals surface area (Å²) < 4.78 is 7.28. The minimum Gasteiger partial charge on any atom is -0.383 e. The van der Waals surface area contributed by atoms with Gasteiger partial charge in [-0.15, -0.1) is 0 Å². The third kappa shape index (κ3) is 2.62. The molecule has 0 aromatic carbocycles. The Morgan fingerprint density at radius 1 is 1.32 bits per heavy atom. The molecule has 0 spiro atoms. The summed E-state index contributed by atoms with van der Waals surface area (Å²) in [4.78, 5) is 4.57. The van der Waals surface area contributed by atoms with Crippen molar-refractivity contribution in [1.82, 2.24) is 19.9 Å². The SMILES string of the molecule is CC(c1nc(-c2cnn(C(C)(C)C)c2N)no1)C1CCCC1. The lowest BCUT2D eigenvalue weighted by atomic mass is 9.93. The number of rotatable bonds is 3. The van der Waals surface area contributed by atoms with Crippen molar-refractivity contribution in [3.63, 3.8) is 0 Å². The molecule has 1 atom stereocenters.